The number of benzene rings is 4. The second-order valence-electron chi connectivity index (χ2n) is 15.7. The third kappa shape index (κ3) is 6.69. The molecule has 3 unspecified atom stereocenters. The van der Waals surface area contributed by atoms with E-state index in [9.17, 15) is 0 Å². The molecule has 9 rings (SSSR count). The second kappa shape index (κ2) is 14.1. The van der Waals surface area contributed by atoms with Gasteiger partial charge in [-0.1, -0.05) is 160 Å². The van der Waals surface area contributed by atoms with Crippen LogP contribution in [0.4, 0.5) is 0 Å². The van der Waals surface area contributed by atoms with Gasteiger partial charge < -0.3 is 0 Å². The highest BCUT2D eigenvalue weighted by atomic mass is 15.0. The lowest BCUT2D eigenvalue weighted by Crippen LogP contribution is -2.26. The summed E-state index contributed by atoms with van der Waals surface area (Å²) in [5.74, 6) is 0.995. The SMILES string of the molecule is CC(C)(C)C1=NC2c3nc(-c4ccc(-c5cccc(C6=NC(c7ccccc7)=NC(C7=CCCC=C7)C6)c5)cc4)cc(-c4ccccc4)c3C=CC2C=C1. The van der Waals surface area contributed by atoms with Crippen LogP contribution in [0.1, 0.15) is 68.5 Å². The van der Waals surface area contributed by atoms with E-state index in [2.05, 4.69) is 172 Å². The first-order chi connectivity index (χ1) is 26.4. The minimum absolute atomic E-state index is 0.0385. The summed E-state index contributed by atoms with van der Waals surface area (Å²) in [6.07, 6.45) is 18.8. The number of hydrogen-bond donors (Lipinski definition) is 0. The van der Waals surface area contributed by atoms with E-state index in [1.807, 2.05) is 6.07 Å². The van der Waals surface area contributed by atoms with Gasteiger partial charge in [0.15, 0.2) is 5.84 Å². The summed E-state index contributed by atoms with van der Waals surface area (Å²) < 4.78 is 0. The smallest absolute Gasteiger partial charge is 0.155 e. The highest BCUT2D eigenvalue weighted by Crippen LogP contribution is 2.43. The number of nitrogens with zero attached hydrogens (tertiary/aromatic N) is 4. The highest BCUT2D eigenvalue weighted by Gasteiger charge is 2.33. The molecule has 0 bridgehead atoms. The molecule has 4 heteroatoms. The van der Waals surface area contributed by atoms with Crippen molar-refractivity contribution in [3.63, 3.8) is 0 Å². The molecule has 2 aliphatic carbocycles. The second-order valence-corrected chi connectivity index (χ2v) is 15.7. The van der Waals surface area contributed by atoms with Crippen molar-refractivity contribution in [1.82, 2.24) is 4.98 Å². The number of hydrogen-bond acceptors (Lipinski definition) is 4. The number of fused-ring (bicyclic) bond motifs is 3. The van der Waals surface area contributed by atoms with Crippen molar-refractivity contribution in [3.05, 3.63) is 180 Å². The lowest BCUT2D eigenvalue weighted by Gasteiger charge is -2.32. The molecular weight excluding hydrogens is 657 g/mol. The van der Waals surface area contributed by atoms with E-state index in [4.69, 9.17) is 20.0 Å². The third-order valence-electron chi connectivity index (χ3n) is 10.9. The van der Waals surface area contributed by atoms with E-state index in [0.717, 1.165) is 81.3 Å². The Morgan fingerprint density at radius 1 is 0.611 bits per heavy atom. The standard InChI is InChI=1S/C50H44N4/c1-50(2,3)46-29-27-37-26-28-41-42(34-14-7-4-8-15-34)31-43(51-48(41)47(37)54-46)36-24-22-33(23-25-36)39-20-13-21-40(30-39)45-32-44(35-16-9-5-10-17-35)52-49(53-45)38-18-11-6-12-19-38/h4,6-9,11-31,37,44,47H,5,10,32H2,1-3H3. The predicted octanol–water partition coefficient (Wildman–Crippen LogP) is 12.1. The zero-order chi connectivity index (χ0) is 36.6. The van der Waals surface area contributed by atoms with E-state index >= 15 is 0 Å². The number of pyridine rings is 1. The first kappa shape index (κ1) is 33.8. The van der Waals surface area contributed by atoms with E-state index < -0.39 is 0 Å². The largest absolute Gasteiger partial charge is 0.279 e. The number of allylic oxidation sites excluding steroid dienone is 3. The first-order valence-electron chi connectivity index (χ1n) is 19.2. The molecule has 0 radical (unpaired) electrons. The molecular formula is C50H44N4. The summed E-state index contributed by atoms with van der Waals surface area (Å²) in [5.41, 5.74) is 14.6. The van der Waals surface area contributed by atoms with Crippen LogP contribution in [-0.2, 0) is 0 Å². The third-order valence-corrected chi connectivity index (χ3v) is 10.9. The zero-order valence-electron chi connectivity index (χ0n) is 31.2. The molecule has 0 spiro atoms. The normalized spacial score (nSPS) is 20.3. The Labute approximate surface area is 318 Å². The molecule has 2 aliphatic heterocycles. The molecule has 4 aliphatic rings. The fourth-order valence-electron chi connectivity index (χ4n) is 7.90. The maximum Gasteiger partial charge on any atom is 0.155 e. The van der Waals surface area contributed by atoms with Crippen molar-refractivity contribution >= 4 is 23.3 Å². The first-order valence-corrected chi connectivity index (χ1v) is 19.2. The molecule has 5 aromatic rings. The van der Waals surface area contributed by atoms with Crippen LogP contribution in [0.15, 0.2) is 172 Å². The monoisotopic (exact) mass is 700 g/mol. The Balaban J connectivity index is 1.06. The van der Waals surface area contributed by atoms with Gasteiger partial charge in [0, 0.05) is 40.2 Å². The van der Waals surface area contributed by atoms with Crippen LogP contribution in [0.2, 0.25) is 0 Å². The molecule has 3 atom stereocenters. The average Bonchev–Trinajstić information content (AvgIpc) is 3.23. The van der Waals surface area contributed by atoms with Gasteiger partial charge in [-0.25, -0.2) is 9.98 Å². The van der Waals surface area contributed by atoms with Crippen LogP contribution in [-0.4, -0.2) is 28.3 Å². The Hall–Kier alpha value is -6.00. The highest BCUT2D eigenvalue weighted by molar-refractivity contribution is 6.14. The van der Waals surface area contributed by atoms with Gasteiger partial charge >= 0.3 is 0 Å². The van der Waals surface area contributed by atoms with E-state index in [-0.39, 0.29) is 23.4 Å². The van der Waals surface area contributed by atoms with Crippen LogP contribution >= 0.6 is 0 Å². The predicted molar refractivity (Wildman–Crippen MR) is 226 cm³/mol. The molecule has 4 nitrogen and oxygen atoms in total. The van der Waals surface area contributed by atoms with Gasteiger partial charge in [0.25, 0.3) is 0 Å². The van der Waals surface area contributed by atoms with Crippen LogP contribution in [0.5, 0.6) is 0 Å². The summed E-state index contributed by atoms with van der Waals surface area (Å²) >= 11 is 0. The molecule has 3 heterocycles. The number of aliphatic imine (C=N–C) groups is 3. The molecule has 54 heavy (non-hydrogen) atoms. The summed E-state index contributed by atoms with van der Waals surface area (Å²) in [4.78, 5) is 21.0. The number of amidine groups is 1. The molecule has 0 N–H and O–H groups in total. The van der Waals surface area contributed by atoms with Crippen molar-refractivity contribution in [2.45, 2.75) is 52.1 Å². The van der Waals surface area contributed by atoms with Gasteiger partial charge in [-0.2, -0.15) is 0 Å². The van der Waals surface area contributed by atoms with E-state index in [1.165, 1.54) is 16.7 Å². The van der Waals surface area contributed by atoms with Gasteiger partial charge in [0.2, 0.25) is 0 Å². The van der Waals surface area contributed by atoms with Crippen LogP contribution in [0, 0.1) is 11.3 Å². The molecule has 4 aromatic carbocycles. The Morgan fingerprint density at radius 3 is 2.06 bits per heavy atom. The summed E-state index contributed by atoms with van der Waals surface area (Å²) in [7, 11) is 0. The minimum Gasteiger partial charge on any atom is -0.279 e. The summed E-state index contributed by atoms with van der Waals surface area (Å²) in [6.45, 7) is 6.69. The Morgan fingerprint density at radius 2 is 1.31 bits per heavy atom. The summed E-state index contributed by atoms with van der Waals surface area (Å²) in [5, 5.41) is 0. The fraction of sp³-hybridized carbons (Fsp3) is 0.200. The lowest BCUT2D eigenvalue weighted by atomic mass is 9.80. The number of aromatic nitrogens is 1. The summed E-state index contributed by atoms with van der Waals surface area (Å²) in [6, 6.07) is 41.0. The van der Waals surface area contributed by atoms with Gasteiger partial charge in [-0.15, -0.1) is 0 Å². The quantitative estimate of drug-likeness (QED) is 0.174. The van der Waals surface area contributed by atoms with Crippen molar-refractivity contribution in [2.75, 3.05) is 0 Å². The Kier molecular flexibility index (Phi) is 8.83. The van der Waals surface area contributed by atoms with Gasteiger partial charge in [-0.3, -0.25) is 9.98 Å². The zero-order valence-corrected chi connectivity index (χ0v) is 31.2. The molecule has 0 saturated heterocycles. The van der Waals surface area contributed by atoms with Crippen molar-refractivity contribution in [2.24, 2.45) is 26.3 Å². The van der Waals surface area contributed by atoms with Crippen molar-refractivity contribution < 1.29 is 0 Å². The van der Waals surface area contributed by atoms with Crippen LogP contribution in [0.25, 0.3) is 39.6 Å². The van der Waals surface area contributed by atoms with Crippen molar-refractivity contribution in [3.8, 4) is 33.5 Å². The maximum atomic E-state index is 5.40. The Bertz CT molecular complexity index is 2430. The number of rotatable bonds is 6. The molecule has 0 saturated carbocycles. The van der Waals surface area contributed by atoms with E-state index in [0.29, 0.717) is 0 Å². The minimum atomic E-state index is -0.0474. The lowest BCUT2D eigenvalue weighted by molar-refractivity contribution is 0.544. The topological polar surface area (TPSA) is 50.0 Å². The fourth-order valence-corrected chi connectivity index (χ4v) is 7.90. The molecule has 264 valence electrons. The van der Waals surface area contributed by atoms with Crippen molar-refractivity contribution in [1.29, 1.82) is 0 Å². The average molecular weight is 701 g/mol. The molecule has 0 fully saturated rings. The molecule has 0 amide bonds. The molecule has 1 aromatic heterocycles. The van der Waals surface area contributed by atoms with Crippen LogP contribution in [0.3, 0.4) is 0 Å². The van der Waals surface area contributed by atoms with Gasteiger partial charge in [-0.05, 0) is 64.4 Å². The van der Waals surface area contributed by atoms with Gasteiger partial charge in [0.05, 0.1) is 23.1 Å². The van der Waals surface area contributed by atoms with E-state index in [1.54, 1.807) is 0 Å². The maximum absolute atomic E-state index is 5.40. The van der Waals surface area contributed by atoms with Gasteiger partial charge in [0.1, 0.15) is 6.04 Å². The number of dihydropyridines is 1. The van der Waals surface area contributed by atoms with Crippen LogP contribution < -0.4 is 0 Å².